The predicted molar refractivity (Wildman–Crippen MR) is 86.9 cm³/mol. The SMILES string of the molecule is COc1ccc(OC)c(NC(=O)NCCN2CCCCC2)c1. The van der Waals surface area contributed by atoms with E-state index in [0.717, 1.165) is 19.6 Å². The number of nitrogens with zero attached hydrogens (tertiary/aromatic N) is 1. The van der Waals surface area contributed by atoms with Gasteiger partial charge in [0.25, 0.3) is 0 Å². The Morgan fingerprint density at radius 2 is 1.95 bits per heavy atom. The molecule has 0 bridgehead atoms. The molecule has 1 aromatic rings. The summed E-state index contributed by atoms with van der Waals surface area (Å²) in [4.78, 5) is 14.4. The monoisotopic (exact) mass is 307 g/mol. The highest BCUT2D eigenvalue weighted by atomic mass is 16.5. The van der Waals surface area contributed by atoms with Crippen LogP contribution in [0.3, 0.4) is 0 Å². The number of rotatable bonds is 6. The van der Waals surface area contributed by atoms with Gasteiger partial charge < -0.3 is 25.0 Å². The van der Waals surface area contributed by atoms with Crippen LogP contribution >= 0.6 is 0 Å². The maximum Gasteiger partial charge on any atom is 0.319 e. The fourth-order valence-corrected chi connectivity index (χ4v) is 2.59. The lowest BCUT2D eigenvalue weighted by atomic mass is 10.1. The average molecular weight is 307 g/mol. The summed E-state index contributed by atoms with van der Waals surface area (Å²) in [7, 11) is 3.16. The number of hydrogen-bond donors (Lipinski definition) is 2. The molecule has 2 N–H and O–H groups in total. The molecule has 6 heteroatoms. The van der Waals surface area contributed by atoms with Crippen LogP contribution in [0.5, 0.6) is 11.5 Å². The normalized spacial score (nSPS) is 15.2. The maximum absolute atomic E-state index is 12.0. The Morgan fingerprint density at radius 1 is 1.18 bits per heavy atom. The van der Waals surface area contributed by atoms with Crippen LogP contribution in [-0.2, 0) is 0 Å². The predicted octanol–water partition coefficient (Wildman–Crippen LogP) is 2.31. The van der Waals surface area contributed by atoms with Crippen LogP contribution in [0.15, 0.2) is 18.2 Å². The first-order chi connectivity index (χ1) is 10.7. The summed E-state index contributed by atoms with van der Waals surface area (Å²) in [5, 5.41) is 5.68. The van der Waals surface area contributed by atoms with Gasteiger partial charge in [0.2, 0.25) is 0 Å². The molecule has 0 saturated carbocycles. The van der Waals surface area contributed by atoms with E-state index in [4.69, 9.17) is 9.47 Å². The molecule has 22 heavy (non-hydrogen) atoms. The Balaban J connectivity index is 1.80. The second-order valence-corrected chi connectivity index (χ2v) is 5.35. The topological polar surface area (TPSA) is 62.8 Å². The van der Waals surface area contributed by atoms with Gasteiger partial charge >= 0.3 is 6.03 Å². The van der Waals surface area contributed by atoms with Crippen molar-refractivity contribution in [2.45, 2.75) is 19.3 Å². The molecule has 0 unspecified atom stereocenters. The Kier molecular flexibility index (Phi) is 6.33. The summed E-state index contributed by atoms with van der Waals surface area (Å²) in [6.45, 7) is 3.79. The van der Waals surface area contributed by atoms with Gasteiger partial charge in [0.05, 0.1) is 19.9 Å². The number of piperidine rings is 1. The molecule has 0 aliphatic carbocycles. The first-order valence-corrected chi connectivity index (χ1v) is 7.72. The van der Waals surface area contributed by atoms with E-state index in [2.05, 4.69) is 15.5 Å². The molecular weight excluding hydrogens is 282 g/mol. The Labute approximate surface area is 131 Å². The number of benzene rings is 1. The van der Waals surface area contributed by atoms with E-state index in [1.807, 2.05) is 0 Å². The summed E-state index contributed by atoms with van der Waals surface area (Å²) >= 11 is 0. The number of carbonyl (C=O) groups is 1. The summed E-state index contributed by atoms with van der Waals surface area (Å²) in [5.41, 5.74) is 0.595. The Morgan fingerprint density at radius 3 is 2.64 bits per heavy atom. The molecular formula is C16H25N3O3. The van der Waals surface area contributed by atoms with E-state index in [1.165, 1.54) is 19.3 Å². The zero-order valence-corrected chi connectivity index (χ0v) is 13.4. The van der Waals surface area contributed by atoms with Gasteiger partial charge in [-0.2, -0.15) is 0 Å². The van der Waals surface area contributed by atoms with Crippen LogP contribution < -0.4 is 20.1 Å². The quantitative estimate of drug-likeness (QED) is 0.846. The maximum atomic E-state index is 12.0. The third-order valence-electron chi connectivity index (χ3n) is 3.82. The van der Waals surface area contributed by atoms with Crippen LogP contribution in [0, 0.1) is 0 Å². The standard InChI is InChI=1S/C16H25N3O3/c1-21-13-6-7-15(22-2)14(12-13)18-16(20)17-8-11-19-9-4-3-5-10-19/h6-7,12H,3-5,8-11H2,1-2H3,(H2,17,18,20). The third kappa shape index (κ3) is 4.80. The summed E-state index contributed by atoms with van der Waals surface area (Å²) in [5.74, 6) is 1.27. The van der Waals surface area contributed by atoms with Gasteiger partial charge in [-0.25, -0.2) is 4.79 Å². The van der Waals surface area contributed by atoms with Crippen LogP contribution in [0.2, 0.25) is 0 Å². The van der Waals surface area contributed by atoms with Crippen LogP contribution in [0.4, 0.5) is 10.5 Å². The number of ether oxygens (including phenoxy) is 2. The summed E-state index contributed by atoms with van der Waals surface area (Å²) < 4.78 is 10.4. The Bertz CT molecular complexity index is 488. The van der Waals surface area contributed by atoms with Crippen molar-refractivity contribution in [3.05, 3.63) is 18.2 Å². The zero-order chi connectivity index (χ0) is 15.8. The van der Waals surface area contributed by atoms with Gasteiger partial charge in [0.15, 0.2) is 0 Å². The molecule has 0 aromatic heterocycles. The zero-order valence-electron chi connectivity index (χ0n) is 13.4. The number of nitrogens with one attached hydrogen (secondary N) is 2. The average Bonchev–Trinajstić information content (AvgIpc) is 2.55. The molecule has 1 aromatic carbocycles. The number of anilines is 1. The number of carbonyl (C=O) groups excluding carboxylic acids is 1. The smallest absolute Gasteiger partial charge is 0.319 e. The van der Waals surface area contributed by atoms with Crippen molar-refractivity contribution in [3.63, 3.8) is 0 Å². The van der Waals surface area contributed by atoms with Crippen molar-refractivity contribution in [2.24, 2.45) is 0 Å². The molecule has 1 aliphatic rings. The van der Waals surface area contributed by atoms with Crippen molar-refractivity contribution in [1.29, 1.82) is 0 Å². The molecule has 1 heterocycles. The van der Waals surface area contributed by atoms with Crippen LogP contribution in [0.25, 0.3) is 0 Å². The Hall–Kier alpha value is -1.95. The third-order valence-corrected chi connectivity index (χ3v) is 3.82. The largest absolute Gasteiger partial charge is 0.497 e. The van der Waals surface area contributed by atoms with Crippen molar-refractivity contribution in [3.8, 4) is 11.5 Å². The summed E-state index contributed by atoms with van der Waals surface area (Å²) in [6, 6.07) is 5.06. The van der Waals surface area contributed by atoms with Gasteiger partial charge in [-0.05, 0) is 38.1 Å². The summed E-state index contributed by atoms with van der Waals surface area (Å²) in [6.07, 6.45) is 3.83. The van der Waals surface area contributed by atoms with E-state index >= 15 is 0 Å². The second-order valence-electron chi connectivity index (χ2n) is 5.35. The molecule has 0 radical (unpaired) electrons. The van der Waals surface area contributed by atoms with Gasteiger partial charge in [0.1, 0.15) is 11.5 Å². The first kappa shape index (κ1) is 16.4. The number of likely N-dealkylation sites (tertiary alicyclic amines) is 1. The van der Waals surface area contributed by atoms with Crippen LogP contribution in [-0.4, -0.2) is 51.3 Å². The minimum Gasteiger partial charge on any atom is -0.497 e. The van der Waals surface area contributed by atoms with Gasteiger partial charge in [0, 0.05) is 19.2 Å². The van der Waals surface area contributed by atoms with Crippen molar-refractivity contribution in [1.82, 2.24) is 10.2 Å². The van der Waals surface area contributed by atoms with Gasteiger partial charge in [-0.3, -0.25) is 0 Å². The van der Waals surface area contributed by atoms with Crippen LogP contribution in [0.1, 0.15) is 19.3 Å². The highest BCUT2D eigenvalue weighted by Gasteiger charge is 2.11. The molecule has 2 rings (SSSR count). The first-order valence-electron chi connectivity index (χ1n) is 7.72. The van der Waals surface area contributed by atoms with E-state index < -0.39 is 0 Å². The van der Waals surface area contributed by atoms with Gasteiger partial charge in [-0.1, -0.05) is 6.42 Å². The lowest BCUT2D eigenvalue weighted by molar-refractivity contribution is 0.224. The number of hydrogen-bond acceptors (Lipinski definition) is 4. The minimum absolute atomic E-state index is 0.233. The highest BCUT2D eigenvalue weighted by Crippen LogP contribution is 2.28. The number of methoxy groups -OCH3 is 2. The fourth-order valence-electron chi connectivity index (χ4n) is 2.59. The molecule has 1 aliphatic heterocycles. The fraction of sp³-hybridized carbons (Fsp3) is 0.562. The second kappa shape index (κ2) is 8.48. The van der Waals surface area contributed by atoms with Gasteiger partial charge in [-0.15, -0.1) is 0 Å². The highest BCUT2D eigenvalue weighted by molar-refractivity contribution is 5.91. The molecule has 6 nitrogen and oxygen atoms in total. The van der Waals surface area contributed by atoms with E-state index in [1.54, 1.807) is 32.4 Å². The molecule has 122 valence electrons. The lowest BCUT2D eigenvalue weighted by Crippen LogP contribution is -2.39. The van der Waals surface area contributed by atoms with E-state index in [-0.39, 0.29) is 6.03 Å². The minimum atomic E-state index is -0.233. The van der Waals surface area contributed by atoms with E-state index in [0.29, 0.717) is 23.7 Å². The van der Waals surface area contributed by atoms with E-state index in [9.17, 15) is 4.79 Å². The lowest BCUT2D eigenvalue weighted by Gasteiger charge is -2.26. The molecule has 0 spiro atoms. The molecule has 1 fully saturated rings. The number of urea groups is 1. The van der Waals surface area contributed by atoms with Crippen molar-refractivity contribution in [2.75, 3.05) is 45.7 Å². The molecule has 1 saturated heterocycles. The molecule has 0 atom stereocenters. The molecule has 2 amide bonds. The number of amides is 2. The van der Waals surface area contributed by atoms with Crippen molar-refractivity contribution >= 4 is 11.7 Å². The van der Waals surface area contributed by atoms with Crippen molar-refractivity contribution < 1.29 is 14.3 Å².